The molecule has 0 fully saturated rings. The molecular weight excluding hydrogens is 252 g/mol. The number of aromatic nitrogens is 1. The first-order chi connectivity index (χ1) is 9.58. The molecule has 0 aliphatic rings. The lowest BCUT2D eigenvalue weighted by Crippen LogP contribution is -2.46. The van der Waals surface area contributed by atoms with Crippen molar-refractivity contribution in [3.63, 3.8) is 0 Å². The maximum absolute atomic E-state index is 12.4. The van der Waals surface area contributed by atoms with Gasteiger partial charge in [-0.3, -0.25) is 4.79 Å². The van der Waals surface area contributed by atoms with E-state index >= 15 is 0 Å². The Kier molecular flexibility index (Phi) is 4.35. The molecule has 1 heterocycles. The molecule has 0 saturated heterocycles. The summed E-state index contributed by atoms with van der Waals surface area (Å²) in [6.07, 6.45) is 3.33. The van der Waals surface area contributed by atoms with Crippen molar-refractivity contribution in [3.8, 4) is 5.75 Å². The molecule has 1 aromatic carbocycles. The van der Waals surface area contributed by atoms with Gasteiger partial charge in [0.1, 0.15) is 0 Å². The molecule has 1 amide bonds. The minimum absolute atomic E-state index is 0.00412. The molecule has 20 heavy (non-hydrogen) atoms. The molecule has 0 unspecified atom stereocenters. The highest BCUT2D eigenvalue weighted by atomic mass is 16.3. The number of rotatable bonds is 4. The SMILES string of the molecule is C[C@@H](C(=O)N(C)Cc1ccccc1)[n+]1cccc(O)c1. The Hall–Kier alpha value is -2.36. The van der Waals surface area contributed by atoms with Crippen LogP contribution in [0.5, 0.6) is 5.75 Å². The predicted molar refractivity (Wildman–Crippen MR) is 75.9 cm³/mol. The van der Waals surface area contributed by atoms with Gasteiger partial charge in [-0.05, 0) is 11.6 Å². The molecule has 2 rings (SSSR count). The van der Waals surface area contributed by atoms with Crippen molar-refractivity contribution in [1.29, 1.82) is 0 Å². The van der Waals surface area contributed by atoms with Gasteiger partial charge in [-0.1, -0.05) is 30.3 Å². The van der Waals surface area contributed by atoms with Gasteiger partial charge in [-0.2, -0.15) is 4.57 Å². The van der Waals surface area contributed by atoms with E-state index in [1.165, 1.54) is 0 Å². The lowest BCUT2D eigenvalue weighted by Gasteiger charge is -2.18. The van der Waals surface area contributed by atoms with E-state index < -0.39 is 0 Å². The van der Waals surface area contributed by atoms with Gasteiger partial charge in [0.2, 0.25) is 12.2 Å². The van der Waals surface area contributed by atoms with Crippen molar-refractivity contribution in [1.82, 2.24) is 4.90 Å². The molecular formula is C16H19N2O2+. The number of carbonyl (C=O) groups excluding carboxylic acids is 1. The molecule has 1 aromatic heterocycles. The number of carbonyl (C=O) groups is 1. The van der Waals surface area contributed by atoms with E-state index in [0.717, 1.165) is 5.56 Å². The van der Waals surface area contributed by atoms with Gasteiger partial charge < -0.3 is 10.0 Å². The molecule has 0 aliphatic carbocycles. The Bertz CT molecular complexity index is 584. The number of benzene rings is 1. The summed E-state index contributed by atoms with van der Waals surface area (Å²) in [5.41, 5.74) is 1.09. The highest BCUT2D eigenvalue weighted by Crippen LogP contribution is 2.09. The van der Waals surface area contributed by atoms with Gasteiger partial charge in [0.05, 0.1) is 0 Å². The van der Waals surface area contributed by atoms with Crippen LogP contribution in [0, 0.1) is 0 Å². The van der Waals surface area contributed by atoms with Gasteiger partial charge in [0.15, 0.2) is 11.9 Å². The van der Waals surface area contributed by atoms with E-state index in [2.05, 4.69) is 0 Å². The normalized spacial score (nSPS) is 11.9. The maximum atomic E-state index is 12.4. The average Bonchev–Trinajstić information content (AvgIpc) is 2.46. The fourth-order valence-electron chi connectivity index (χ4n) is 2.10. The first kappa shape index (κ1) is 14.1. The smallest absolute Gasteiger partial charge is 0.291 e. The second-order valence-corrected chi connectivity index (χ2v) is 4.87. The molecule has 0 spiro atoms. The van der Waals surface area contributed by atoms with Crippen molar-refractivity contribution in [2.24, 2.45) is 0 Å². The number of nitrogens with zero attached hydrogens (tertiary/aromatic N) is 2. The third kappa shape index (κ3) is 3.35. The maximum Gasteiger partial charge on any atom is 0.291 e. The van der Waals surface area contributed by atoms with Gasteiger partial charge in [-0.15, -0.1) is 0 Å². The summed E-state index contributed by atoms with van der Waals surface area (Å²) in [5.74, 6) is 0.155. The second kappa shape index (κ2) is 6.19. The van der Waals surface area contributed by atoms with Crippen LogP contribution in [0.1, 0.15) is 18.5 Å². The molecule has 1 N–H and O–H groups in total. The number of likely N-dealkylation sites (N-methyl/N-ethyl adjacent to an activating group) is 1. The van der Waals surface area contributed by atoms with Crippen LogP contribution in [0.2, 0.25) is 0 Å². The van der Waals surface area contributed by atoms with Gasteiger partial charge in [-0.25, -0.2) is 0 Å². The number of hydrogen-bond acceptors (Lipinski definition) is 2. The minimum atomic E-state index is -0.351. The average molecular weight is 271 g/mol. The number of pyridine rings is 1. The van der Waals surface area contributed by atoms with E-state index in [4.69, 9.17) is 0 Å². The minimum Gasteiger partial charge on any atom is -0.503 e. The van der Waals surface area contributed by atoms with Crippen LogP contribution in [-0.4, -0.2) is 23.0 Å². The Morgan fingerprint density at radius 2 is 1.95 bits per heavy atom. The van der Waals surface area contributed by atoms with Crippen molar-refractivity contribution >= 4 is 5.91 Å². The highest BCUT2D eigenvalue weighted by Gasteiger charge is 2.25. The van der Waals surface area contributed by atoms with Crippen molar-refractivity contribution in [3.05, 3.63) is 60.4 Å². The van der Waals surface area contributed by atoms with Crippen LogP contribution in [0.3, 0.4) is 0 Å². The van der Waals surface area contributed by atoms with Gasteiger partial charge >= 0.3 is 0 Å². The van der Waals surface area contributed by atoms with E-state index in [0.29, 0.717) is 6.54 Å². The van der Waals surface area contributed by atoms with Gasteiger partial charge in [0, 0.05) is 26.6 Å². The van der Waals surface area contributed by atoms with Crippen molar-refractivity contribution in [2.75, 3.05) is 7.05 Å². The summed E-state index contributed by atoms with van der Waals surface area (Å²) in [7, 11) is 1.79. The lowest BCUT2D eigenvalue weighted by atomic mass is 10.2. The summed E-state index contributed by atoms with van der Waals surface area (Å²) in [6.45, 7) is 2.40. The zero-order valence-electron chi connectivity index (χ0n) is 11.7. The zero-order chi connectivity index (χ0) is 14.5. The van der Waals surface area contributed by atoms with E-state index in [-0.39, 0.29) is 17.7 Å². The van der Waals surface area contributed by atoms with Gasteiger partial charge in [0.25, 0.3) is 5.91 Å². The molecule has 4 heteroatoms. The van der Waals surface area contributed by atoms with E-state index in [1.807, 2.05) is 37.3 Å². The second-order valence-electron chi connectivity index (χ2n) is 4.87. The highest BCUT2D eigenvalue weighted by molar-refractivity contribution is 5.78. The largest absolute Gasteiger partial charge is 0.503 e. The van der Waals surface area contributed by atoms with Crippen molar-refractivity contribution in [2.45, 2.75) is 19.5 Å². The molecule has 2 aromatic rings. The molecule has 104 valence electrons. The third-order valence-corrected chi connectivity index (χ3v) is 3.25. The van der Waals surface area contributed by atoms with Crippen molar-refractivity contribution < 1.29 is 14.5 Å². The van der Waals surface area contributed by atoms with Crippen LogP contribution in [0.25, 0.3) is 0 Å². The predicted octanol–water partition coefficient (Wildman–Crippen LogP) is 1.90. The quantitative estimate of drug-likeness (QED) is 0.863. The summed E-state index contributed by atoms with van der Waals surface area (Å²) in [6, 6.07) is 12.8. The lowest BCUT2D eigenvalue weighted by molar-refractivity contribution is -0.707. The summed E-state index contributed by atoms with van der Waals surface area (Å²) in [4.78, 5) is 14.1. The summed E-state index contributed by atoms with van der Waals surface area (Å²) < 4.78 is 1.71. The number of amides is 1. The van der Waals surface area contributed by atoms with E-state index in [9.17, 15) is 9.90 Å². The van der Waals surface area contributed by atoms with Crippen LogP contribution >= 0.6 is 0 Å². The van der Waals surface area contributed by atoms with Crippen LogP contribution in [0.4, 0.5) is 0 Å². The first-order valence-electron chi connectivity index (χ1n) is 6.56. The Labute approximate surface area is 118 Å². The molecule has 4 nitrogen and oxygen atoms in total. The molecule has 0 saturated carbocycles. The zero-order valence-corrected chi connectivity index (χ0v) is 11.7. The molecule has 0 bridgehead atoms. The monoisotopic (exact) mass is 271 g/mol. The molecule has 0 aliphatic heterocycles. The number of hydrogen-bond donors (Lipinski definition) is 1. The standard InChI is InChI=1S/C16H18N2O2/c1-13(18-10-6-9-15(19)12-18)16(20)17(2)11-14-7-4-3-5-8-14/h3-10,12-13H,11H2,1-2H3/p+1/t13-/m0/s1. The fourth-order valence-corrected chi connectivity index (χ4v) is 2.10. The Morgan fingerprint density at radius 1 is 1.25 bits per heavy atom. The molecule has 0 radical (unpaired) electrons. The first-order valence-corrected chi connectivity index (χ1v) is 6.56. The fraction of sp³-hybridized carbons (Fsp3) is 0.250. The van der Waals surface area contributed by atoms with Crippen LogP contribution in [-0.2, 0) is 11.3 Å². The van der Waals surface area contributed by atoms with E-state index in [1.54, 1.807) is 41.0 Å². The third-order valence-electron chi connectivity index (χ3n) is 3.25. The summed E-state index contributed by atoms with van der Waals surface area (Å²) >= 11 is 0. The van der Waals surface area contributed by atoms with Crippen LogP contribution in [0.15, 0.2) is 54.9 Å². The molecule has 1 atom stereocenters. The summed E-state index contributed by atoms with van der Waals surface area (Å²) in [5, 5.41) is 9.47. The topological polar surface area (TPSA) is 44.4 Å². The number of aromatic hydroxyl groups is 1. The Balaban J connectivity index is 2.06. The Morgan fingerprint density at radius 3 is 2.60 bits per heavy atom. The van der Waals surface area contributed by atoms with Crippen LogP contribution < -0.4 is 4.57 Å².